The molecule has 2 rings (SSSR count). The first-order valence-electron chi connectivity index (χ1n) is 8.35. The smallest absolute Gasteiger partial charge is 0.233 e. The van der Waals surface area contributed by atoms with Gasteiger partial charge in [-0.3, -0.25) is 9.59 Å². The third-order valence-corrected chi connectivity index (χ3v) is 4.08. The molecule has 4 nitrogen and oxygen atoms in total. The first-order chi connectivity index (χ1) is 12.0. The highest BCUT2D eigenvalue weighted by atomic mass is 35.5. The SMILES string of the molecule is CC(C)c1ccccc1NC(=O)CC(=O)NCCc1ccc(Cl)cc1. The normalized spacial score (nSPS) is 10.6. The molecule has 0 heterocycles. The molecule has 0 aromatic heterocycles. The molecular weight excluding hydrogens is 336 g/mol. The second-order valence-corrected chi connectivity index (χ2v) is 6.63. The maximum absolute atomic E-state index is 12.1. The predicted octanol–water partition coefficient (Wildman–Crippen LogP) is 4.15. The maximum Gasteiger partial charge on any atom is 0.233 e. The van der Waals surface area contributed by atoms with E-state index in [2.05, 4.69) is 24.5 Å². The van der Waals surface area contributed by atoms with Gasteiger partial charge in [-0.2, -0.15) is 0 Å². The van der Waals surface area contributed by atoms with Gasteiger partial charge in [0.25, 0.3) is 0 Å². The number of anilines is 1. The van der Waals surface area contributed by atoms with Gasteiger partial charge in [0, 0.05) is 17.3 Å². The summed E-state index contributed by atoms with van der Waals surface area (Å²) in [6, 6.07) is 15.1. The van der Waals surface area contributed by atoms with E-state index in [-0.39, 0.29) is 18.2 Å². The highest BCUT2D eigenvalue weighted by Gasteiger charge is 2.12. The van der Waals surface area contributed by atoms with Crippen LogP contribution in [-0.2, 0) is 16.0 Å². The van der Waals surface area contributed by atoms with Crippen LogP contribution < -0.4 is 10.6 Å². The van der Waals surface area contributed by atoms with Crippen molar-refractivity contribution in [3.63, 3.8) is 0 Å². The molecule has 0 spiro atoms. The topological polar surface area (TPSA) is 58.2 Å². The molecule has 25 heavy (non-hydrogen) atoms. The molecule has 0 aliphatic carbocycles. The van der Waals surface area contributed by atoms with E-state index < -0.39 is 0 Å². The molecule has 2 aromatic rings. The van der Waals surface area contributed by atoms with Crippen LogP contribution in [0.25, 0.3) is 0 Å². The van der Waals surface area contributed by atoms with Crippen molar-refractivity contribution in [2.24, 2.45) is 0 Å². The zero-order chi connectivity index (χ0) is 18.2. The second-order valence-electron chi connectivity index (χ2n) is 6.19. The molecule has 0 aliphatic heterocycles. The van der Waals surface area contributed by atoms with Crippen molar-refractivity contribution in [3.8, 4) is 0 Å². The average molecular weight is 359 g/mol. The first kappa shape index (κ1) is 19.0. The first-order valence-corrected chi connectivity index (χ1v) is 8.73. The minimum Gasteiger partial charge on any atom is -0.355 e. The fourth-order valence-corrected chi connectivity index (χ4v) is 2.64. The molecule has 0 radical (unpaired) electrons. The van der Waals surface area contributed by atoms with E-state index in [0.717, 1.165) is 16.8 Å². The fraction of sp³-hybridized carbons (Fsp3) is 0.300. The zero-order valence-corrected chi connectivity index (χ0v) is 15.3. The maximum atomic E-state index is 12.1. The van der Waals surface area contributed by atoms with Gasteiger partial charge in [0.1, 0.15) is 6.42 Å². The summed E-state index contributed by atoms with van der Waals surface area (Å²) in [6.07, 6.45) is 0.508. The lowest BCUT2D eigenvalue weighted by Crippen LogP contribution is -2.29. The monoisotopic (exact) mass is 358 g/mol. The fourth-order valence-electron chi connectivity index (χ4n) is 2.51. The Labute approximate surface area is 153 Å². The molecule has 0 saturated carbocycles. The lowest BCUT2D eigenvalue weighted by molar-refractivity contribution is -0.126. The Hall–Kier alpha value is -2.33. The number of hydrogen-bond donors (Lipinski definition) is 2. The van der Waals surface area contributed by atoms with E-state index in [1.807, 2.05) is 48.5 Å². The van der Waals surface area contributed by atoms with Gasteiger partial charge >= 0.3 is 0 Å². The molecule has 132 valence electrons. The Morgan fingerprint density at radius 2 is 1.68 bits per heavy atom. The molecule has 0 atom stereocenters. The highest BCUT2D eigenvalue weighted by molar-refractivity contribution is 6.30. The van der Waals surface area contributed by atoms with Crippen molar-refractivity contribution in [1.29, 1.82) is 0 Å². The van der Waals surface area contributed by atoms with E-state index in [1.54, 1.807) is 0 Å². The van der Waals surface area contributed by atoms with Gasteiger partial charge in [-0.05, 0) is 41.7 Å². The number of halogens is 1. The van der Waals surface area contributed by atoms with E-state index >= 15 is 0 Å². The van der Waals surface area contributed by atoms with E-state index in [1.165, 1.54) is 0 Å². The summed E-state index contributed by atoms with van der Waals surface area (Å²) in [7, 11) is 0. The van der Waals surface area contributed by atoms with Crippen molar-refractivity contribution >= 4 is 29.1 Å². The molecule has 2 aromatic carbocycles. The lowest BCUT2D eigenvalue weighted by atomic mass is 10.0. The quantitative estimate of drug-likeness (QED) is 0.730. The Bertz CT molecular complexity index is 727. The van der Waals surface area contributed by atoms with Crippen LogP contribution in [-0.4, -0.2) is 18.4 Å². The summed E-state index contributed by atoms with van der Waals surface area (Å²) in [5, 5.41) is 6.28. The minimum absolute atomic E-state index is 0.187. The second kappa shape index (κ2) is 9.23. The van der Waals surface area contributed by atoms with Crippen molar-refractivity contribution in [3.05, 3.63) is 64.7 Å². The number of para-hydroxylation sites is 1. The Kier molecular flexibility index (Phi) is 7.02. The largest absolute Gasteiger partial charge is 0.355 e. The van der Waals surface area contributed by atoms with Crippen LogP contribution in [0.1, 0.15) is 37.3 Å². The predicted molar refractivity (Wildman–Crippen MR) is 102 cm³/mol. The van der Waals surface area contributed by atoms with Crippen molar-refractivity contribution in [2.45, 2.75) is 32.6 Å². The Morgan fingerprint density at radius 3 is 2.36 bits per heavy atom. The summed E-state index contributed by atoms with van der Waals surface area (Å²) in [5.74, 6) is -0.296. The third-order valence-electron chi connectivity index (χ3n) is 3.83. The van der Waals surface area contributed by atoms with Gasteiger partial charge in [0.05, 0.1) is 0 Å². The van der Waals surface area contributed by atoms with Crippen molar-refractivity contribution < 1.29 is 9.59 Å². The summed E-state index contributed by atoms with van der Waals surface area (Å²) in [5.41, 5.74) is 2.90. The van der Waals surface area contributed by atoms with Crippen molar-refractivity contribution in [1.82, 2.24) is 5.32 Å². The molecule has 0 fully saturated rings. The molecule has 0 bridgehead atoms. The Morgan fingerprint density at radius 1 is 1.00 bits per heavy atom. The molecule has 0 aliphatic rings. The van der Waals surface area contributed by atoms with Gasteiger partial charge in [-0.1, -0.05) is 55.8 Å². The average Bonchev–Trinajstić information content (AvgIpc) is 2.57. The van der Waals surface area contributed by atoms with E-state index in [4.69, 9.17) is 11.6 Å². The van der Waals surface area contributed by atoms with E-state index in [9.17, 15) is 9.59 Å². The van der Waals surface area contributed by atoms with Gasteiger partial charge < -0.3 is 10.6 Å². The van der Waals surface area contributed by atoms with Gasteiger partial charge in [0.15, 0.2) is 0 Å². The Balaban J connectivity index is 1.78. The molecule has 0 unspecified atom stereocenters. The summed E-state index contributed by atoms with van der Waals surface area (Å²) < 4.78 is 0. The number of hydrogen-bond acceptors (Lipinski definition) is 2. The molecule has 5 heteroatoms. The molecule has 2 amide bonds. The lowest BCUT2D eigenvalue weighted by Gasteiger charge is -2.13. The number of nitrogens with one attached hydrogen (secondary N) is 2. The highest BCUT2D eigenvalue weighted by Crippen LogP contribution is 2.23. The van der Waals surface area contributed by atoms with E-state index in [0.29, 0.717) is 23.9 Å². The van der Waals surface area contributed by atoms with Crippen LogP contribution in [0.5, 0.6) is 0 Å². The standard InChI is InChI=1S/C20H23ClN2O2/c1-14(2)17-5-3-4-6-18(17)23-20(25)13-19(24)22-12-11-15-7-9-16(21)10-8-15/h3-10,14H,11-13H2,1-2H3,(H,22,24)(H,23,25). The van der Waals surface area contributed by atoms with Crippen molar-refractivity contribution in [2.75, 3.05) is 11.9 Å². The minimum atomic E-state index is -0.308. The number of rotatable bonds is 7. The van der Waals surface area contributed by atoms with Gasteiger partial charge in [-0.25, -0.2) is 0 Å². The van der Waals surface area contributed by atoms with Crippen LogP contribution in [0, 0.1) is 0 Å². The van der Waals surface area contributed by atoms with Crippen LogP contribution >= 0.6 is 11.6 Å². The number of benzene rings is 2. The van der Waals surface area contributed by atoms with Gasteiger partial charge in [0.2, 0.25) is 11.8 Å². The molecular formula is C20H23ClN2O2. The van der Waals surface area contributed by atoms with Crippen LogP contribution in [0.4, 0.5) is 5.69 Å². The van der Waals surface area contributed by atoms with Crippen LogP contribution in [0.3, 0.4) is 0 Å². The van der Waals surface area contributed by atoms with Crippen LogP contribution in [0.15, 0.2) is 48.5 Å². The summed E-state index contributed by atoms with van der Waals surface area (Å²) in [6.45, 7) is 4.61. The number of carbonyl (C=O) groups excluding carboxylic acids is 2. The molecule has 2 N–H and O–H groups in total. The third kappa shape index (κ3) is 6.24. The van der Waals surface area contributed by atoms with Crippen LogP contribution in [0.2, 0.25) is 5.02 Å². The number of carbonyl (C=O) groups is 2. The number of amides is 2. The molecule has 0 saturated heterocycles. The zero-order valence-electron chi connectivity index (χ0n) is 14.5. The summed E-state index contributed by atoms with van der Waals surface area (Å²) in [4.78, 5) is 24.0. The summed E-state index contributed by atoms with van der Waals surface area (Å²) >= 11 is 5.84. The van der Waals surface area contributed by atoms with Gasteiger partial charge in [-0.15, -0.1) is 0 Å².